The molecule has 0 fully saturated rings. The summed E-state index contributed by atoms with van der Waals surface area (Å²) in [7, 11) is 0. The first-order valence-electron chi connectivity index (χ1n) is 7.02. The van der Waals surface area contributed by atoms with Gasteiger partial charge in [0.15, 0.2) is 0 Å². The third kappa shape index (κ3) is 2.59. The molecule has 7 heteroatoms. The lowest BCUT2D eigenvalue weighted by Crippen LogP contribution is -2.46. The number of para-hydroxylation sites is 1. The molecule has 0 spiro atoms. The van der Waals surface area contributed by atoms with E-state index >= 15 is 0 Å². The molecule has 0 saturated heterocycles. The van der Waals surface area contributed by atoms with Crippen LogP contribution in [-0.2, 0) is 6.61 Å². The van der Waals surface area contributed by atoms with Gasteiger partial charge in [0.2, 0.25) is 0 Å². The fourth-order valence-corrected chi connectivity index (χ4v) is 2.62. The Hall–Kier alpha value is -1.93. The standard InChI is InChI=1S/C15H18N2O5/c18-7-11-12(19)13(20)14(21)15-16-9(6-17(11)15)8-22-10-4-2-1-3-5-10/h1-6,11-14,18-21H,7-8H2/t11-,12-,13+,14+/m1/s1. The minimum Gasteiger partial charge on any atom is -0.487 e. The number of aliphatic hydroxyl groups is 4. The van der Waals surface area contributed by atoms with Gasteiger partial charge in [-0.25, -0.2) is 4.98 Å². The van der Waals surface area contributed by atoms with Crippen molar-refractivity contribution in [2.24, 2.45) is 0 Å². The van der Waals surface area contributed by atoms with Crippen molar-refractivity contribution < 1.29 is 25.2 Å². The topological polar surface area (TPSA) is 108 Å². The number of hydrogen-bond acceptors (Lipinski definition) is 6. The Kier molecular flexibility index (Phi) is 4.12. The van der Waals surface area contributed by atoms with Gasteiger partial charge in [0, 0.05) is 6.20 Å². The number of fused-ring (bicyclic) bond motifs is 1. The molecule has 118 valence electrons. The van der Waals surface area contributed by atoms with E-state index in [1.54, 1.807) is 6.20 Å². The van der Waals surface area contributed by atoms with Crippen LogP contribution in [-0.4, -0.2) is 48.8 Å². The summed E-state index contributed by atoms with van der Waals surface area (Å²) in [5, 5.41) is 39.1. The highest BCUT2D eigenvalue weighted by molar-refractivity contribution is 5.21. The summed E-state index contributed by atoms with van der Waals surface area (Å²) in [4.78, 5) is 4.24. The first-order valence-corrected chi connectivity index (χ1v) is 7.02. The molecule has 0 amide bonds. The molecule has 1 aromatic heterocycles. The number of ether oxygens (including phenoxy) is 1. The molecule has 2 heterocycles. The number of rotatable bonds is 4. The Balaban J connectivity index is 1.82. The van der Waals surface area contributed by atoms with Gasteiger partial charge >= 0.3 is 0 Å². The Morgan fingerprint density at radius 2 is 1.82 bits per heavy atom. The van der Waals surface area contributed by atoms with Gasteiger partial charge in [-0.3, -0.25) is 0 Å². The zero-order valence-corrected chi connectivity index (χ0v) is 11.8. The molecule has 0 radical (unpaired) electrons. The van der Waals surface area contributed by atoms with Gasteiger partial charge < -0.3 is 29.7 Å². The smallest absolute Gasteiger partial charge is 0.141 e. The minimum absolute atomic E-state index is 0.182. The lowest BCUT2D eigenvalue weighted by atomic mass is 9.96. The predicted molar refractivity (Wildman–Crippen MR) is 76.1 cm³/mol. The third-order valence-corrected chi connectivity index (χ3v) is 3.82. The molecule has 22 heavy (non-hydrogen) atoms. The third-order valence-electron chi connectivity index (χ3n) is 3.82. The van der Waals surface area contributed by atoms with Crippen LogP contribution >= 0.6 is 0 Å². The maximum absolute atomic E-state index is 10.00. The van der Waals surface area contributed by atoms with Crippen LogP contribution in [0.15, 0.2) is 36.5 Å². The molecule has 0 bridgehead atoms. The summed E-state index contributed by atoms with van der Waals surface area (Å²) in [6, 6.07) is 8.47. The molecule has 1 aliphatic rings. The van der Waals surface area contributed by atoms with Gasteiger partial charge in [-0.2, -0.15) is 0 Å². The van der Waals surface area contributed by atoms with E-state index in [0.29, 0.717) is 11.4 Å². The van der Waals surface area contributed by atoms with E-state index in [9.17, 15) is 20.4 Å². The van der Waals surface area contributed by atoms with Crippen molar-refractivity contribution in [1.29, 1.82) is 0 Å². The zero-order valence-electron chi connectivity index (χ0n) is 11.8. The highest BCUT2D eigenvalue weighted by Gasteiger charge is 2.41. The number of hydrogen-bond donors (Lipinski definition) is 4. The molecule has 3 rings (SSSR count). The molecular weight excluding hydrogens is 288 g/mol. The van der Waals surface area contributed by atoms with E-state index in [1.165, 1.54) is 4.57 Å². The van der Waals surface area contributed by atoms with Crippen molar-refractivity contribution >= 4 is 0 Å². The van der Waals surface area contributed by atoms with Crippen molar-refractivity contribution in [1.82, 2.24) is 9.55 Å². The van der Waals surface area contributed by atoms with Crippen molar-refractivity contribution in [3.63, 3.8) is 0 Å². The molecule has 2 aromatic rings. The Morgan fingerprint density at radius 1 is 1.09 bits per heavy atom. The van der Waals surface area contributed by atoms with E-state index in [1.807, 2.05) is 30.3 Å². The first-order chi connectivity index (χ1) is 10.6. The van der Waals surface area contributed by atoms with Crippen LogP contribution in [0.3, 0.4) is 0 Å². The van der Waals surface area contributed by atoms with Crippen LogP contribution in [0.25, 0.3) is 0 Å². The van der Waals surface area contributed by atoms with E-state index in [2.05, 4.69) is 4.98 Å². The van der Waals surface area contributed by atoms with E-state index in [-0.39, 0.29) is 19.0 Å². The maximum atomic E-state index is 10.00. The lowest BCUT2D eigenvalue weighted by molar-refractivity contribution is -0.108. The Morgan fingerprint density at radius 3 is 2.50 bits per heavy atom. The van der Waals surface area contributed by atoms with Crippen LogP contribution in [0.1, 0.15) is 23.7 Å². The predicted octanol–water partition coefficient (Wildman–Crippen LogP) is -0.236. The quantitative estimate of drug-likeness (QED) is 0.621. The number of aliphatic hydroxyl groups excluding tert-OH is 4. The van der Waals surface area contributed by atoms with Crippen LogP contribution < -0.4 is 4.74 Å². The van der Waals surface area contributed by atoms with Crippen molar-refractivity contribution in [2.75, 3.05) is 6.61 Å². The van der Waals surface area contributed by atoms with Gasteiger partial charge in [0.05, 0.1) is 18.3 Å². The number of imidazole rings is 1. The average Bonchev–Trinajstić information content (AvgIpc) is 2.96. The van der Waals surface area contributed by atoms with Crippen LogP contribution in [0, 0.1) is 0 Å². The molecule has 0 saturated carbocycles. The second kappa shape index (κ2) is 6.05. The highest BCUT2D eigenvalue weighted by atomic mass is 16.5. The fourth-order valence-electron chi connectivity index (χ4n) is 2.62. The van der Waals surface area contributed by atoms with Crippen LogP contribution in [0.4, 0.5) is 0 Å². The fraction of sp³-hybridized carbons (Fsp3) is 0.400. The summed E-state index contributed by atoms with van der Waals surface area (Å²) in [6.45, 7) is -0.186. The van der Waals surface area contributed by atoms with Gasteiger partial charge in [-0.05, 0) is 12.1 Å². The molecule has 4 atom stereocenters. The van der Waals surface area contributed by atoms with E-state index in [4.69, 9.17) is 4.74 Å². The number of benzene rings is 1. The molecule has 1 aliphatic heterocycles. The monoisotopic (exact) mass is 306 g/mol. The second-order valence-electron chi connectivity index (χ2n) is 5.28. The molecule has 4 N–H and O–H groups in total. The average molecular weight is 306 g/mol. The number of nitrogens with zero attached hydrogens (tertiary/aromatic N) is 2. The van der Waals surface area contributed by atoms with Crippen LogP contribution in [0.5, 0.6) is 5.75 Å². The molecule has 0 aliphatic carbocycles. The van der Waals surface area contributed by atoms with Gasteiger partial charge in [0.1, 0.15) is 36.5 Å². The second-order valence-corrected chi connectivity index (χ2v) is 5.28. The first kappa shape index (κ1) is 15.0. The van der Waals surface area contributed by atoms with Gasteiger partial charge in [-0.15, -0.1) is 0 Å². The maximum Gasteiger partial charge on any atom is 0.141 e. The number of aromatic nitrogens is 2. The summed E-state index contributed by atoms with van der Waals surface area (Å²) in [6.07, 6.45) is -2.33. The normalized spacial score (nSPS) is 27.5. The van der Waals surface area contributed by atoms with Crippen molar-refractivity contribution in [3.8, 4) is 5.75 Å². The van der Waals surface area contributed by atoms with Crippen molar-refractivity contribution in [3.05, 3.63) is 48.0 Å². The lowest BCUT2D eigenvalue weighted by Gasteiger charge is -2.35. The molecule has 0 unspecified atom stereocenters. The van der Waals surface area contributed by atoms with Crippen LogP contribution in [0.2, 0.25) is 0 Å². The van der Waals surface area contributed by atoms with Gasteiger partial charge in [0.25, 0.3) is 0 Å². The molecular formula is C15H18N2O5. The minimum atomic E-state index is -1.38. The SMILES string of the molecule is OC[C@@H]1[C@@H](O)[C@H](O)[C@H](O)c2nc(COc3ccccc3)cn21. The zero-order chi connectivity index (χ0) is 15.7. The summed E-state index contributed by atoms with van der Waals surface area (Å²) in [5.74, 6) is 0.899. The molecule has 7 nitrogen and oxygen atoms in total. The van der Waals surface area contributed by atoms with Gasteiger partial charge in [-0.1, -0.05) is 18.2 Å². The summed E-state index contributed by atoms with van der Waals surface area (Å²) >= 11 is 0. The Bertz CT molecular complexity index is 630. The highest BCUT2D eigenvalue weighted by Crippen LogP contribution is 2.32. The summed E-state index contributed by atoms with van der Waals surface area (Å²) < 4.78 is 7.07. The largest absolute Gasteiger partial charge is 0.487 e. The molecule has 1 aromatic carbocycles. The Labute approximate surface area is 127 Å². The van der Waals surface area contributed by atoms with E-state index in [0.717, 1.165) is 0 Å². The summed E-state index contributed by atoms with van der Waals surface area (Å²) in [5.41, 5.74) is 0.539. The van der Waals surface area contributed by atoms with Crippen molar-refractivity contribution in [2.45, 2.75) is 31.0 Å². The van der Waals surface area contributed by atoms with E-state index < -0.39 is 24.4 Å².